The lowest BCUT2D eigenvalue weighted by atomic mass is 10.2. The Balaban J connectivity index is 2.17. The molecular weight excluding hydrogens is 320 g/mol. The average molecular weight is 339 g/mol. The van der Waals surface area contributed by atoms with Crippen molar-refractivity contribution < 1.29 is 9.59 Å². The number of rotatable bonds is 4. The molecule has 1 aromatic rings. The van der Waals surface area contributed by atoms with Gasteiger partial charge in [-0.2, -0.15) is 0 Å². The first-order valence-electron chi connectivity index (χ1n) is 6.82. The van der Waals surface area contributed by atoms with Crippen molar-refractivity contribution in [2.24, 2.45) is 0 Å². The van der Waals surface area contributed by atoms with Crippen LogP contribution in [0.15, 0.2) is 22.7 Å². The number of anilines is 1. The molecule has 20 heavy (non-hydrogen) atoms. The van der Waals surface area contributed by atoms with E-state index in [2.05, 4.69) is 21.2 Å². The molecule has 2 rings (SSSR count). The normalized spacial score (nSPS) is 20.4. The number of carbonyl (C=O) groups is 2. The number of carbonyl (C=O) groups excluding carboxylic acids is 2. The van der Waals surface area contributed by atoms with Gasteiger partial charge in [0.2, 0.25) is 5.91 Å². The van der Waals surface area contributed by atoms with Crippen LogP contribution in [0.1, 0.15) is 32.3 Å². The third-order valence-electron chi connectivity index (χ3n) is 3.67. The van der Waals surface area contributed by atoms with E-state index in [1.807, 2.05) is 39.0 Å². The van der Waals surface area contributed by atoms with Gasteiger partial charge >= 0.3 is 0 Å². The van der Waals surface area contributed by atoms with Crippen LogP contribution in [-0.4, -0.2) is 28.8 Å². The number of likely N-dealkylation sites (tertiary alicyclic amines) is 1. The fourth-order valence-electron chi connectivity index (χ4n) is 2.35. The van der Waals surface area contributed by atoms with Gasteiger partial charge < -0.3 is 5.32 Å². The summed E-state index contributed by atoms with van der Waals surface area (Å²) in [5.41, 5.74) is 1.95. The van der Waals surface area contributed by atoms with Gasteiger partial charge in [-0.05, 0) is 53.9 Å². The van der Waals surface area contributed by atoms with Crippen LogP contribution in [0.3, 0.4) is 0 Å². The minimum atomic E-state index is -0.463. The van der Waals surface area contributed by atoms with Gasteiger partial charge in [0.25, 0.3) is 5.91 Å². The number of hydrogen-bond donors (Lipinski definition) is 1. The fourth-order valence-corrected chi connectivity index (χ4v) is 2.71. The lowest BCUT2D eigenvalue weighted by Crippen LogP contribution is -2.40. The first-order chi connectivity index (χ1) is 9.43. The lowest BCUT2D eigenvalue weighted by Gasteiger charge is -2.22. The van der Waals surface area contributed by atoms with Crippen LogP contribution in [-0.2, 0) is 9.59 Å². The van der Waals surface area contributed by atoms with Crippen LogP contribution in [0.5, 0.6) is 0 Å². The van der Waals surface area contributed by atoms with E-state index in [1.165, 1.54) is 4.90 Å². The number of imide groups is 1. The van der Waals surface area contributed by atoms with Gasteiger partial charge in [0.15, 0.2) is 0 Å². The summed E-state index contributed by atoms with van der Waals surface area (Å²) in [6, 6.07) is 5.39. The SMILES string of the molecule is CCC(C)N1C(=O)CC(Nc2cc(C)ccc2Br)C1=O. The number of benzene rings is 1. The number of aryl methyl sites for hydroxylation is 1. The monoisotopic (exact) mass is 338 g/mol. The predicted octanol–water partition coefficient (Wildman–Crippen LogP) is 3.10. The highest BCUT2D eigenvalue weighted by molar-refractivity contribution is 9.10. The molecule has 2 unspecified atom stereocenters. The molecule has 1 aromatic carbocycles. The Morgan fingerprint density at radius 3 is 2.80 bits per heavy atom. The van der Waals surface area contributed by atoms with E-state index in [4.69, 9.17) is 0 Å². The lowest BCUT2D eigenvalue weighted by molar-refractivity contribution is -0.140. The quantitative estimate of drug-likeness (QED) is 0.858. The van der Waals surface area contributed by atoms with Crippen LogP contribution in [0.25, 0.3) is 0 Å². The van der Waals surface area contributed by atoms with E-state index in [1.54, 1.807) is 0 Å². The fraction of sp³-hybridized carbons (Fsp3) is 0.467. The van der Waals surface area contributed by atoms with Crippen LogP contribution in [0, 0.1) is 6.92 Å². The van der Waals surface area contributed by atoms with Crippen LogP contribution >= 0.6 is 15.9 Å². The molecule has 0 bridgehead atoms. The Morgan fingerprint density at radius 1 is 1.45 bits per heavy atom. The number of nitrogens with zero attached hydrogens (tertiary/aromatic N) is 1. The molecule has 0 saturated carbocycles. The van der Waals surface area contributed by atoms with Crippen molar-refractivity contribution in [3.63, 3.8) is 0 Å². The smallest absolute Gasteiger partial charge is 0.252 e. The molecule has 2 atom stereocenters. The summed E-state index contributed by atoms with van der Waals surface area (Å²) in [5, 5.41) is 3.18. The molecule has 1 aliphatic rings. The molecule has 1 N–H and O–H groups in total. The van der Waals surface area contributed by atoms with Crippen molar-refractivity contribution in [3.8, 4) is 0 Å². The Hall–Kier alpha value is -1.36. The van der Waals surface area contributed by atoms with E-state index in [0.717, 1.165) is 22.1 Å². The van der Waals surface area contributed by atoms with Gasteiger partial charge in [-0.3, -0.25) is 14.5 Å². The zero-order valence-corrected chi connectivity index (χ0v) is 13.5. The van der Waals surface area contributed by atoms with E-state index in [-0.39, 0.29) is 24.3 Å². The van der Waals surface area contributed by atoms with E-state index >= 15 is 0 Å². The standard InChI is InChI=1S/C15H19BrN2O2/c1-4-10(3)18-14(19)8-13(15(18)20)17-12-7-9(2)5-6-11(12)16/h5-7,10,13,17H,4,8H2,1-3H3. The van der Waals surface area contributed by atoms with E-state index in [9.17, 15) is 9.59 Å². The first kappa shape index (κ1) is 15.0. The molecule has 1 fully saturated rings. The maximum absolute atomic E-state index is 12.3. The topological polar surface area (TPSA) is 49.4 Å². The van der Waals surface area contributed by atoms with Crippen molar-refractivity contribution >= 4 is 33.4 Å². The second kappa shape index (κ2) is 5.95. The third kappa shape index (κ3) is 2.87. The van der Waals surface area contributed by atoms with Crippen molar-refractivity contribution in [1.29, 1.82) is 0 Å². The van der Waals surface area contributed by atoms with Crippen LogP contribution in [0.4, 0.5) is 5.69 Å². The minimum Gasteiger partial charge on any atom is -0.372 e. The first-order valence-corrected chi connectivity index (χ1v) is 7.62. The molecule has 1 saturated heterocycles. The molecule has 1 aliphatic heterocycles. The number of amides is 2. The molecule has 0 aliphatic carbocycles. The molecule has 0 aromatic heterocycles. The molecular formula is C15H19BrN2O2. The summed E-state index contributed by atoms with van der Waals surface area (Å²) >= 11 is 3.46. The Bertz CT molecular complexity index is 545. The highest BCUT2D eigenvalue weighted by Crippen LogP contribution is 2.27. The molecule has 5 heteroatoms. The Morgan fingerprint density at radius 2 is 2.15 bits per heavy atom. The summed E-state index contributed by atoms with van der Waals surface area (Å²) in [7, 11) is 0. The van der Waals surface area contributed by atoms with Gasteiger partial charge in [-0.1, -0.05) is 13.0 Å². The van der Waals surface area contributed by atoms with Crippen LogP contribution < -0.4 is 5.32 Å². The van der Waals surface area contributed by atoms with Gasteiger partial charge in [0.1, 0.15) is 6.04 Å². The van der Waals surface area contributed by atoms with Crippen molar-refractivity contribution in [1.82, 2.24) is 4.90 Å². The Labute approximate surface area is 127 Å². The van der Waals surface area contributed by atoms with Crippen molar-refractivity contribution in [3.05, 3.63) is 28.2 Å². The van der Waals surface area contributed by atoms with E-state index in [0.29, 0.717) is 0 Å². The Kier molecular flexibility index (Phi) is 4.48. The summed E-state index contributed by atoms with van der Waals surface area (Å²) < 4.78 is 0.894. The third-order valence-corrected chi connectivity index (χ3v) is 4.36. The zero-order chi connectivity index (χ0) is 14.9. The summed E-state index contributed by atoms with van der Waals surface area (Å²) in [6.07, 6.45) is 1.00. The summed E-state index contributed by atoms with van der Waals surface area (Å²) in [4.78, 5) is 25.7. The van der Waals surface area contributed by atoms with Gasteiger partial charge in [0.05, 0.1) is 6.42 Å². The van der Waals surface area contributed by atoms with Gasteiger partial charge in [-0.25, -0.2) is 0 Å². The maximum Gasteiger partial charge on any atom is 0.252 e. The van der Waals surface area contributed by atoms with Gasteiger partial charge in [-0.15, -0.1) is 0 Å². The molecule has 0 spiro atoms. The van der Waals surface area contributed by atoms with Crippen molar-refractivity contribution in [2.75, 3.05) is 5.32 Å². The van der Waals surface area contributed by atoms with Crippen LogP contribution in [0.2, 0.25) is 0 Å². The highest BCUT2D eigenvalue weighted by atomic mass is 79.9. The largest absolute Gasteiger partial charge is 0.372 e. The molecule has 1 heterocycles. The highest BCUT2D eigenvalue weighted by Gasteiger charge is 2.40. The second-order valence-electron chi connectivity index (χ2n) is 5.24. The number of halogens is 1. The minimum absolute atomic E-state index is 0.0391. The maximum atomic E-state index is 12.3. The van der Waals surface area contributed by atoms with Gasteiger partial charge in [0, 0.05) is 16.2 Å². The average Bonchev–Trinajstić information content (AvgIpc) is 2.68. The molecule has 4 nitrogen and oxygen atoms in total. The summed E-state index contributed by atoms with van der Waals surface area (Å²) in [6.45, 7) is 5.87. The second-order valence-corrected chi connectivity index (χ2v) is 6.10. The van der Waals surface area contributed by atoms with E-state index < -0.39 is 6.04 Å². The van der Waals surface area contributed by atoms with Crippen molar-refractivity contribution in [2.45, 2.75) is 45.7 Å². The number of nitrogens with one attached hydrogen (secondary N) is 1. The predicted molar refractivity (Wildman–Crippen MR) is 82.5 cm³/mol. The number of hydrogen-bond acceptors (Lipinski definition) is 3. The zero-order valence-electron chi connectivity index (χ0n) is 11.9. The summed E-state index contributed by atoms with van der Waals surface area (Å²) in [5.74, 6) is -0.219. The molecule has 108 valence electrons. The molecule has 0 radical (unpaired) electrons. The molecule has 2 amide bonds.